The quantitative estimate of drug-likeness (QED) is 0.259. The number of nitrogens with one attached hydrogen (secondary N) is 2. The Balaban J connectivity index is 1.09. The van der Waals surface area contributed by atoms with E-state index in [4.69, 9.17) is 23.9 Å². The van der Waals surface area contributed by atoms with Gasteiger partial charge in [-0.3, -0.25) is 4.90 Å². The SMILES string of the molecule is CCc1cc(Nc2ncc(Br)c(Nc3ccc4c(c3P(C)(C)=O)OCCO4)n2)c(OC)cc1N1CCC(N2CC3COC[C@@H]3C2)CC1. The number of benzene rings is 2. The standard InChI is InChI=1S/C34H44BrN6O5P/c1-5-21-14-27(30(43-2)15-28(21)40-10-8-24(9-11-40)41-17-22-19-44-20-23(22)18-41)38-34-36-16-25(35)33(39-34)37-26-6-7-29-31(46-13-12-45-29)32(26)47(3,4)42/h6-7,14-16,22-24H,5,8-13,17-20H2,1-4H3,(H2,36,37,38,39)/t22-,23?/m0/s1. The Labute approximate surface area is 285 Å². The van der Waals surface area contributed by atoms with Crippen LogP contribution in [0.4, 0.5) is 28.8 Å². The van der Waals surface area contributed by atoms with Crippen molar-refractivity contribution in [3.8, 4) is 17.2 Å². The molecule has 0 radical (unpaired) electrons. The van der Waals surface area contributed by atoms with Crippen LogP contribution in [-0.4, -0.2) is 94.0 Å². The van der Waals surface area contributed by atoms with Crippen molar-refractivity contribution in [2.24, 2.45) is 11.8 Å². The number of aryl methyl sites for hydroxylation is 1. The summed E-state index contributed by atoms with van der Waals surface area (Å²) in [5.41, 5.74) is 3.92. The highest BCUT2D eigenvalue weighted by Gasteiger charge is 2.40. The topological polar surface area (TPSA) is 110 Å². The first-order valence-electron chi connectivity index (χ1n) is 16.5. The third kappa shape index (κ3) is 6.67. The lowest BCUT2D eigenvalue weighted by molar-refractivity contribution is 0.130. The van der Waals surface area contributed by atoms with Gasteiger partial charge in [0.05, 0.1) is 41.5 Å². The first-order chi connectivity index (χ1) is 22.7. The maximum Gasteiger partial charge on any atom is 0.229 e. The van der Waals surface area contributed by atoms with Crippen molar-refractivity contribution < 1.29 is 23.5 Å². The van der Waals surface area contributed by atoms with Gasteiger partial charge in [0.1, 0.15) is 31.9 Å². The van der Waals surface area contributed by atoms with E-state index in [0.29, 0.717) is 58.0 Å². The Morgan fingerprint density at radius 3 is 2.49 bits per heavy atom. The number of nitrogens with zero attached hydrogens (tertiary/aromatic N) is 4. The highest BCUT2D eigenvalue weighted by atomic mass is 79.9. The van der Waals surface area contributed by atoms with Crippen LogP contribution in [0, 0.1) is 11.8 Å². The second-order valence-corrected chi connectivity index (χ2v) is 17.2. The van der Waals surface area contributed by atoms with Gasteiger partial charge in [0, 0.05) is 62.0 Å². The summed E-state index contributed by atoms with van der Waals surface area (Å²) in [6.07, 6.45) is 4.92. The zero-order valence-electron chi connectivity index (χ0n) is 27.6. The average Bonchev–Trinajstić information content (AvgIpc) is 3.69. The molecule has 7 rings (SSSR count). The van der Waals surface area contributed by atoms with Crippen LogP contribution >= 0.6 is 23.1 Å². The third-order valence-corrected chi connectivity index (χ3v) is 11.9. The number of likely N-dealkylation sites (tertiary alicyclic amines) is 1. The number of piperidine rings is 1. The summed E-state index contributed by atoms with van der Waals surface area (Å²) in [6, 6.07) is 8.65. The van der Waals surface area contributed by atoms with E-state index in [9.17, 15) is 4.57 Å². The summed E-state index contributed by atoms with van der Waals surface area (Å²) in [4.78, 5) is 14.6. The minimum atomic E-state index is -2.75. The lowest BCUT2D eigenvalue weighted by atomic mass is 10.00. The van der Waals surface area contributed by atoms with Gasteiger partial charge in [-0.1, -0.05) is 6.92 Å². The molecule has 0 amide bonds. The van der Waals surface area contributed by atoms with Crippen molar-refractivity contribution in [2.45, 2.75) is 32.2 Å². The van der Waals surface area contributed by atoms with E-state index in [1.54, 1.807) is 26.6 Å². The summed E-state index contributed by atoms with van der Waals surface area (Å²) < 4.78 is 37.4. The summed E-state index contributed by atoms with van der Waals surface area (Å²) in [5.74, 6) is 4.23. The zero-order chi connectivity index (χ0) is 32.7. The molecule has 4 aliphatic rings. The Morgan fingerprint density at radius 1 is 1.04 bits per heavy atom. The minimum Gasteiger partial charge on any atom is -0.494 e. The Kier molecular flexibility index (Phi) is 9.30. The number of hydrogen-bond acceptors (Lipinski definition) is 11. The van der Waals surface area contributed by atoms with E-state index in [2.05, 4.69) is 60.4 Å². The summed E-state index contributed by atoms with van der Waals surface area (Å²) in [5, 5.41) is 7.36. The van der Waals surface area contributed by atoms with E-state index < -0.39 is 7.14 Å². The molecule has 0 bridgehead atoms. The summed E-state index contributed by atoms with van der Waals surface area (Å²) >= 11 is 3.59. The average molecular weight is 728 g/mol. The van der Waals surface area contributed by atoms with Gasteiger partial charge in [-0.25, -0.2) is 4.98 Å². The molecule has 2 atom stereocenters. The van der Waals surface area contributed by atoms with Crippen molar-refractivity contribution in [3.05, 3.63) is 40.5 Å². The van der Waals surface area contributed by atoms with Gasteiger partial charge >= 0.3 is 0 Å². The molecule has 13 heteroatoms. The summed E-state index contributed by atoms with van der Waals surface area (Å²) in [6.45, 7) is 12.8. The molecule has 4 aliphatic heterocycles. The molecular weight excluding hydrogens is 683 g/mol. The van der Waals surface area contributed by atoms with Gasteiger partial charge < -0.3 is 39.0 Å². The smallest absolute Gasteiger partial charge is 0.229 e. The van der Waals surface area contributed by atoms with E-state index in [0.717, 1.165) is 56.0 Å². The third-order valence-electron chi connectivity index (χ3n) is 9.84. The number of methoxy groups -OCH3 is 1. The van der Waals surface area contributed by atoms with Gasteiger partial charge in [0.15, 0.2) is 11.5 Å². The van der Waals surface area contributed by atoms with Crippen molar-refractivity contribution in [1.82, 2.24) is 14.9 Å². The van der Waals surface area contributed by atoms with E-state index in [-0.39, 0.29) is 0 Å². The van der Waals surface area contributed by atoms with Crippen molar-refractivity contribution in [1.29, 1.82) is 0 Å². The first-order valence-corrected chi connectivity index (χ1v) is 19.9. The molecule has 3 saturated heterocycles. The Bertz CT molecular complexity index is 1670. The maximum atomic E-state index is 13.4. The molecule has 3 aromatic rings. The number of fused-ring (bicyclic) bond motifs is 2. The predicted octanol–water partition coefficient (Wildman–Crippen LogP) is 5.86. The van der Waals surface area contributed by atoms with Crippen LogP contribution in [0.15, 0.2) is 34.9 Å². The van der Waals surface area contributed by atoms with Crippen molar-refractivity contribution in [3.63, 3.8) is 0 Å². The lowest BCUT2D eigenvalue weighted by Gasteiger charge is -2.39. The molecule has 0 aliphatic carbocycles. The fraction of sp³-hybridized carbons (Fsp3) is 0.529. The normalized spacial score (nSPS) is 21.5. The second-order valence-electron chi connectivity index (χ2n) is 13.2. The molecule has 0 spiro atoms. The highest BCUT2D eigenvalue weighted by Crippen LogP contribution is 2.47. The van der Waals surface area contributed by atoms with Crippen LogP contribution in [0.1, 0.15) is 25.3 Å². The fourth-order valence-electron chi connectivity index (χ4n) is 7.45. The Hall–Kier alpha value is -3.05. The molecule has 47 heavy (non-hydrogen) atoms. The van der Waals surface area contributed by atoms with Gasteiger partial charge in [-0.15, -0.1) is 0 Å². The second kappa shape index (κ2) is 13.5. The van der Waals surface area contributed by atoms with Crippen LogP contribution in [0.25, 0.3) is 0 Å². The number of anilines is 5. The van der Waals surface area contributed by atoms with Crippen LogP contribution in [0.5, 0.6) is 17.2 Å². The molecule has 3 fully saturated rings. The molecular formula is C34H44BrN6O5P. The van der Waals surface area contributed by atoms with Crippen LogP contribution in [0.2, 0.25) is 0 Å². The molecule has 2 aromatic carbocycles. The lowest BCUT2D eigenvalue weighted by Crippen LogP contribution is -2.44. The number of aromatic nitrogens is 2. The molecule has 1 unspecified atom stereocenters. The van der Waals surface area contributed by atoms with E-state index >= 15 is 0 Å². The van der Waals surface area contributed by atoms with Crippen LogP contribution in [0.3, 0.4) is 0 Å². The predicted molar refractivity (Wildman–Crippen MR) is 190 cm³/mol. The number of hydrogen-bond donors (Lipinski definition) is 2. The van der Waals surface area contributed by atoms with Crippen LogP contribution in [-0.2, 0) is 15.7 Å². The van der Waals surface area contributed by atoms with Gasteiger partial charge in [0.2, 0.25) is 5.95 Å². The van der Waals surface area contributed by atoms with Crippen LogP contribution < -0.4 is 35.0 Å². The number of rotatable bonds is 9. The first kappa shape index (κ1) is 32.5. The molecule has 1 aromatic heterocycles. The molecule has 2 N–H and O–H groups in total. The van der Waals surface area contributed by atoms with Crippen molar-refractivity contribution in [2.75, 3.05) is 88.6 Å². The summed E-state index contributed by atoms with van der Waals surface area (Å²) in [7, 11) is -1.06. The Morgan fingerprint density at radius 2 is 1.79 bits per heavy atom. The van der Waals surface area contributed by atoms with E-state index in [1.807, 2.05) is 12.1 Å². The number of halogens is 1. The van der Waals surface area contributed by atoms with Gasteiger partial charge in [-0.2, -0.15) is 4.98 Å². The highest BCUT2D eigenvalue weighted by molar-refractivity contribution is 9.10. The maximum absolute atomic E-state index is 13.4. The van der Waals surface area contributed by atoms with Gasteiger partial charge in [0.25, 0.3) is 0 Å². The molecule has 0 saturated carbocycles. The molecule has 252 valence electrons. The molecule has 5 heterocycles. The van der Waals surface area contributed by atoms with Gasteiger partial charge in [-0.05, 0) is 72.3 Å². The monoisotopic (exact) mass is 726 g/mol. The minimum absolute atomic E-state index is 0.403. The van der Waals surface area contributed by atoms with Crippen molar-refractivity contribution >= 4 is 57.2 Å². The number of ether oxygens (including phenoxy) is 4. The zero-order valence-corrected chi connectivity index (χ0v) is 30.0. The van der Waals surface area contributed by atoms with E-state index in [1.165, 1.54) is 37.2 Å². The fourth-order valence-corrected chi connectivity index (χ4v) is 9.12. The largest absolute Gasteiger partial charge is 0.494 e. The molecule has 11 nitrogen and oxygen atoms in total.